The molecule has 1 atom stereocenters. The Hall–Kier alpha value is -2.65. The van der Waals surface area contributed by atoms with E-state index < -0.39 is 11.0 Å². The number of aromatic nitrogens is 2. The van der Waals surface area contributed by atoms with Crippen molar-refractivity contribution in [3.63, 3.8) is 0 Å². The molecule has 0 aliphatic carbocycles. The number of carbonyl (C=O) groups is 1. The van der Waals surface area contributed by atoms with E-state index in [1.165, 1.54) is 11.1 Å². The molecule has 10 nitrogen and oxygen atoms in total. The fourth-order valence-corrected chi connectivity index (χ4v) is 3.20. The monoisotopic (exact) mass is 337 g/mol. The number of amides is 1. The summed E-state index contributed by atoms with van der Waals surface area (Å²) in [4.78, 5) is 31.1. The number of fused-ring (bicyclic) bond motifs is 1. The Balaban J connectivity index is 1.72. The number of imidazole rings is 1. The summed E-state index contributed by atoms with van der Waals surface area (Å²) in [5, 5.41) is 20.0. The molecule has 1 aromatic rings. The molecule has 0 aromatic carbocycles. The number of aliphatic imine (C=N–C) groups is 1. The first kappa shape index (κ1) is 16.2. The fourth-order valence-electron chi connectivity index (χ4n) is 3.20. The van der Waals surface area contributed by atoms with Crippen LogP contribution in [0.2, 0.25) is 0 Å². The van der Waals surface area contributed by atoms with E-state index in [0.717, 1.165) is 19.3 Å². The molecular formula is C14H19N5O5. The summed E-state index contributed by atoms with van der Waals surface area (Å²) in [6, 6.07) is 0.153. The van der Waals surface area contributed by atoms with Gasteiger partial charge < -0.3 is 24.9 Å². The number of rotatable bonds is 3. The lowest BCUT2D eigenvalue weighted by Gasteiger charge is -2.32. The predicted molar refractivity (Wildman–Crippen MR) is 83.7 cm³/mol. The van der Waals surface area contributed by atoms with Gasteiger partial charge in [0.15, 0.2) is 0 Å². The largest absolute Gasteiger partial charge is 0.465 e. The molecule has 2 aliphatic heterocycles. The number of hydrogen-bond donors (Lipinski definition) is 1. The van der Waals surface area contributed by atoms with Crippen LogP contribution >= 0.6 is 0 Å². The summed E-state index contributed by atoms with van der Waals surface area (Å²) >= 11 is 0. The third-order valence-corrected chi connectivity index (χ3v) is 4.49. The molecule has 1 saturated heterocycles. The van der Waals surface area contributed by atoms with Gasteiger partial charge in [-0.15, -0.1) is 0 Å². The van der Waals surface area contributed by atoms with Gasteiger partial charge in [0.2, 0.25) is 0 Å². The lowest BCUT2D eigenvalue weighted by molar-refractivity contribution is -0.389. The van der Waals surface area contributed by atoms with Gasteiger partial charge in [0.05, 0.1) is 12.6 Å². The zero-order valence-corrected chi connectivity index (χ0v) is 13.1. The van der Waals surface area contributed by atoms with Crippen molar-refractivity contribution >= 4 is 18.1 Å². The van der Waals surface area contributed by atoms with Gasteiger partial charge in [-0.2, -0.15) is 0 Å². The summed E-state index contributed by atoms with van der Waals surface area (Å²) in [6.45, 7) is 1.77. The maximum Gasteiger partial charge on any atom is 0.414 e. The van der Waals surface area contributed by atoms with E-state index in [0.29, 0.717) is 25.6 Å². The predicted octanol–water partition coefficient (Wildman–Crippen LogP) is 1.58. The number of piperidine rings is 1. The smallest absolute Gasteiger partial charge is 0.414 e. The molecule has 0 bridgehead atoms. The van der Waals surface area contributed by atoms with Crippen molar-refractivity contribution < 1.29 is 19.6 Å². The molecule has 1 amide bonds. The number of likely N-dealkylation sites (tertiary alicyclic amines) is 1. The van der Waals surface area contributed by atoms with Crippen LogP contribution < -0.4 is 4.74 Å². The average molecular weight is 337 g/mol. The molecule has 1 unspecified atom stereocenters. The second kappa shape index (κ2) is 6.85. The van der Waals surface area contributed by atoms with Crippen LogP contribution in [-0.2, 0) is 0 Å². The Kier molecular flexibility index (Phi) is 4.63. The first-order valence-electron chi connectivity index (χ1n) is 7.87. The highest BCUT2D eigenvalue weighted by molar-refractivity contribution is 5.65. The van der Waals surface area contributed by atoms with Crippen LogP contribution in [0.5, 0.6) is 6.01 Å². The maximum absolute atomic E-state index is 11.0. The zero-order valence-electron chi connectivity index (χ0n) is 13.1. The minimum absolute atomic E-state index is 0.0841. The van der Waals surface area contributed by atoms with E-state index >= 15 is 0 Å². The first-order valence-corrected chi connectivity index (χ1v) is 7.87. The minimum Gasteiger partial charge on any atom is -0.465 e. The first-order chi connectivity index (χ1) is 11.5. The molecular weight excluding hydrogens is 318 g/mol. The molecule has 0 saturated carbocycles. The highest BCUT2D eigenvalue weighted by Gasteiger charge is 2.30. The molecule has 1 fully saturated rings. The normalized spacial score (nSPS) is 21.5. The zero-order chi connectivity index (χ0) is 17.1. The Morgan fingerprint density at radius 2 is 2.21 bits per heavy atom. The summed E-state index contributed by atoms with van der Waals surface area (Å²) in [5.41, 5.74) is 0. The van der Waals surface area contributed by atoms with E-state index in [1.54, 1.807) is 10.8 Å². The van der Waals surface area contributed by atoms with Crippen molar-refractivity contribution in [3.8, 4) is 6.01 Å². The summed E-state index contributed by atoms with van der Waals surface area (Å²) in [5.74, 6) is 0.104. The van der Waals surface area contributed by atoms with Crippen LogP contribution in [0.3, 0.4) is 0 Å². The van der Waals surface area contributed by atoms with Crippen molar-refractivity contribution in [2.75, 3.05) is 26.2 Å². The van der Waals surface area contributed by atoms with Crippen LogP contribution in [0.4, 0.5) is 10.6 Å². The van der Waals surface area contributed by atoms with Crippen molar-refractivity contribution in [2.24, 2.45) is 10.9 Å². The van der Waals surface area contributed by atoms with E-state index in [9.17, 15) is 14.9 Å². The van der Waals surface area contributed by atoms with Crippen LogP contribution in [0, 0.1) is 16.0 Å². The molecule has 24 heavy (non-hydrogen) atoms. The molecule has 130 valence electrons. The van der Waals surface area contributed by atoms with E-state index in [4.69, 9.17) is 9.84 Å². The average Bonchev–Trinajstić information content (AvgIpc) is 2.95. The van der Waals surface area contributed by atoms with Crippen molar-refractivity contribution in [1.82, 2.24) is 14.5 Å². The number of nitro groups is 1. The second-order valence-electron chi connectivity index (χ2n) is 6.01. The van der Waals surface area contributed by atoms with Crippen LogP contribution in [-0.4, -0.2) is 63.0 Å². The van der Waals surface area contributed by atoms with Crippen molar-refractivity contribution in [1.29, 1.82) is 0 Å². The Bertz CT molecular complexity index is 650. The Morgan fingerprint density at radius 3 is 2.88 bits per heavy atom. The van der Waals surface area contributed by atoms with Gasteiger partial charge >= 0.3 is 17.9 Å². The van der Waals surface area contributed by atoms with E-state index in [1.807, 2.05) is 0 Å². The maximum atomic E-state index is 11.0. The number of hydrogen-bond acceptors (Lipinski definition) is 6. The van der Waals surface area contributed by atoms with Crippen LogP contribution in [0.15, 0.2) is 11.2 Å². The van der Waals surface area contributed by atoms with Gasteiger partial charge in [-0.3, -0.25) is 9.56 Å². The van der Waals surface area contributed by atoms with Gasteiger partial charge in [0.25, 0.3) is 0 Å². The summed E-state index contributed by atoms with van der Waals surface area (Å²) in [7, 11) is 0. The molecule has 0 spiro atoms. The minimum atomic E-state index is -0.884. The second-order valence-corrected chi connectivity index (χ2v) is 6.01. The summed E-state index contributed by atoms with van der Waals surface area (Å²) < 4.78 is 7.13. The van der Waals surface area contributed by atoms with Crippen molar-refractivity contribution in [2.45, 2.75) is 25.3 Å². The molecule has 2 aliphatic rings. The summed E-state index contributed by atoms with van der Waals surface area (Å²) in [6.07, 6.45) is 4.47. The highest BCUT2D eigenvalue weighted by Crippen LogP contribution is 2.31. The third kappa shape index (κ3) is 3.47. The van der Waals surface area contributed by atoms with Gasteiger partial charge in [0.1, 0.15) is 12.8 Å². The number of ether oxygens (including phenoxy) is 1. The SMILES string of the molecule is O=C(O)N1CCC(CC2CN=CCOc3nc([N+](=O)[O-])cn32)CC1. The Labute approximate surface area is 137 Å². The third-order valence-electron chi connectivity index (χ3n) is 4.49. The standard InChI is InChI=1S/C14H19N5O5/c20-14(21)17-4-1-10(2-5-17)7-11-8-15-3-6-24-13-16-12(19(22)23)9-18(11)13/h3,9-11H,1-2,4-8H2,(H,20,21). The highest BCUT2D eigenvalue weighted by atomic mass is 16.6. The molecule has 10 heteroatoms. The van der Waals surface area contributed by atoms with Gasteiger partial charge in [-0.25, -0.2) is 4.79 Å². The van der Waals surface area contributed by atoms with Gasteiger partial charge in [0, 0.05) is 24.3 Å². The van der Waals surface area contributed by atoms with Crippen LogP contribution in [0.25, 0.3) is 0 Å². The molecule has 3 heterocycles. The number of carboxylic acid groups (broad SMARTS) is 1. The lowest BCUT2D eigenvalue weighted by atomic mass is 9.90. The molecule has 0 radical (unpaired) electrons. The topological polar surface area (TPSA) is 123 Å². The van der Waals surface area contributed by atoms with Crippen LogP contribution in [0.1, 0.15) is 25.3 Å². The molecule has 1 N–H and O–H groups in total. The fraction of sp³-hybridized carbons (Fsp3) is 0.643. The Morgan fingerprint density at radius 1 is 1.46 bits per heavy atom. The van der Waals surface area contributed by atoms with E-state index in [-0.39, 0.29) is 24.5 Å². The molecule has 3 rings (SSSR count). The quantitative estimate of drug-likeness (QED) is 0.659. The van der Waals surface area contributed by atoms with Gasteiger partial charge in [-0.05, 0) is 30.1 Å². The molecule has 1 aromatic heterocycles. The van der Waals surface area contributed by atoms with E-state index in [2.05, 4.69) is 9.98 Å². The lowest BCUT2D eigenvalue weighted by Crippen LogP contribution is -2.38. The van der Waals surface area contributed by atoms with Gasteiger partial charge in [-0.1, -0.05) is 0 Å². The van der Waals surface area contributed by atoms with Crippen molar-refractivity contribution in [3.05, 3.63) is 16.3 Å². The number of nitrogens with zero attached hydrogens (tertiary/aromatic N) is 5.